The normalized spacial score (nSPS) is 30.2. The quantitative estimate of drug-likeness (QED) is 0.622. The fourth-order valence-corrected chi connectivity index (χ4v) is 3.05. The Morgan fingerprint density at radius 2 is 2.29 bits per heavy atom. The van der Waals surface area contributed by atoms with E-state index in [1.165, 1.54) is 13.4 Å². The first-order valence-corrected chi connectivity index (χ1v) is 6.83. The van der Waals surface area contributed by atoms with E-state index in [4.69, 9.17) is 19.5 Å². The second-order valence-electron chi connectivity index (χ2n) is 5.22. The Hall–Kier alpha value is -2.23. The van der Waals surface area contributed by atoms with Crippen molar-refractivity contribution in [1.82, 2.24) is 5.32 Å². The van der Waals surface area contributed by atoms with Crippen molar-refractivity contribution in [1.29, 1.82) is 5.26 Å². The SMILES string of the molecule is COC(=O)C1=COC(OC(=O)NCC#N)C2C(C)CCC12. The first-order chi connectivity index (χ1) is 10.1. The molecule has 21 heavy (non-hydrogen) atoms. The topological polar surface area (TPSA) is 97.7 Å². The number of hydrogen-bond acceptors (Lipinski definition) is 6. The number of methoxy groups -OCH3 is 1. The van der Waals surface area contributed by atoms with E-state index in [0.717, 1.165) is 12.8 Å². The molecule has 7 nitrogen and oxygen atoms in total. The van der Waals surface area contributed by atoms with Gasteiger partial charge in [0.05, 0.1) is 25.0 Å². The number of nitrogens with one attached hydrogen (secondary N) is 1. The van der Waals surface area contributed by atoms with E-state index in [-0.39, 0.29) is 24.3 Å². The van der Waals surface area contributed by atoms with Gasteiger partial charge in [-0.15, -0.1) is 0 Å². The fourth-order valence-electron chi connectivity index (χ4n) is 3.05. The molecule has 0 aromatic rings. The smallest absolute Gasteiger partial charge is 0.411 e. The van der Waals surface area contributed by atoms with Crippen molar-refractivity contribution >= 4 is 12.1 Å². The molecular formula is C14H18N2O5. The number of rotatable bonds is 3. The molecule has 1 saturated carbocycles. The maximum absolute atomic E-state index is 11.8. The van der Waals surface area contributed by atoms with Crippen LogP contribution in [0.15, 0.2) is 11.8 Å². The average molecular weight is 294 g/mol. The first kappa shape index (κ1) is 15.2. The summed E-state index contributed by atoms with van der Waals surface area (Å²) in [6, 6.07) is 1.79. The van der Waals surface area contributed by atoms with Crippen molar-refractivity contribution in [3.63, 3.8) is 0 Å². The average Bonchev–Trinajstić information content (AvgIpc) is 2.87. The maximum atomic E-state index is 11.8. The number of nitriles is 1. The lowest BCUT2D eigenvalue weighted by atomic mass is 9.83. The Morgan fingerprint density at radius 1 is 1.52 bits per heavy atom. The Kier molecular flexibility index (Phi) is 4.68. The molecule has 1 fully saturated rings. The van der Waals surface area contributed by atoms with E-state index in [9.17, 15) is 9.59 Å². The Morgan fingerprint density at radius 3 is 2.95 bits per heavy atom. The molecule has 0 aromatic heterocycles. The zero-order valence-corrected chi connectivity index (χ0v) is 12.0. The van der Waals surface area contributed by atoms with E-state index >= 15 is 0 Å². The van der Waals surface area contributed by atoms with E-state index in [0.29, 0.717) is 5.57 Å². The molecule has 1 heterocycles. The molecule has 0 spiro atoms. The number of hydrogen-bond donors (Lipinski definition) is 1. The number of carbonyl (C=O) groups excluding carboxylic acids is 2. The minimum absolute atomic E-state index is 0.0324. The van der Waals surface area contributed by atoms with Gasteiger partial charge in [-0.1, -0.05) is 6.92 Å². The Bertz CT molecular complexity index is 496. The second-order valence-corrected chi connectivity index (χ2v) is 5.22. The van der Waals surface area contributed by atoms with Gasteiger partial charge in [-0.25, -0.2) is 9.59 Å². The zero-order chi connectivity index (χ0) is 15.4. The summed E-state index contributed by atoms with van der Waals surface area (Å²) in [6.07, 6.45) is 1.63. The van der Waals surface area contributed by atoms with Crippen molar-refractivity contribution in [2.45, 2.75) is 26.1 Å². The number of alkyl carbamates (subject to hydrolysis) is 1. The van der Waals surface area contributed by atoms with Gasteiger partial charge in [0.1, 0.15) is 6.54 Å². The van der Waals surface area contributed by atoms with Gasteiger partial charge < -0.3 is 19.5 Å². The van der Waals surface area contributed by atoms with Gasteiger partial charge in [0, 0.05) is 11.8 Å². The van der Waals surface area contributed by atoms with E-state index in [2.05, 4.69) is 5.32 Å². The molecule has 4 unspecified atom stereocenters. The lowest BCUT2D eigenvalue weighted by molar-refractivity contribution is -0.145. The second kappa shape index (κ2) is 6.48. The van der Waals surface area contributed by atoms with Crippen molar-refractivity contribution < 1.29 is 23.8 Å². The summed E-state index contributed by atoms with van der Waals surface area (Å²) in [5.41, 5.74) is 0.490. The molecule has 1 amide bonds. The maximum Gasteiger partial charge on any atom is 0.411 e. The van der Waals surface area contributed by atoms with Crippen LogP contribution in [0.1, 0.15) is 19.8 Å². The molecule has 0 aromatic carbocycles. The predicted molar refractivity (Wildman–Crippen MR) is 70.4 cm³/mol. The third kappa shape index (κ3) is 3.10. The van der Waals surface area contributed by atoms with Crippen LogP contribution in [0.25, 0.3) is 0 Å². The summed E-state index contributed by atoms with van der Waals surface area (Å²) in [6.45, 7) is 1.91. The molecule has 0 radical (unpaired) electrons. The predicted octanol–water partition coefficient (Wildman–Crippen LogP) is 1.31. The molecule has 0 bridgehead atoms. The van der Waals surface area contributed by atoms with Crippen LogP contribution < -0.4 is 5.32 Å². The van der Waals surface area contributed by atoms with Gasteiger partial charge in [-0.3, -0.25) is 0 Å². The molecule has 0 saturated heterocycles. The number of esters is 1. The third-order valence-electron chi connectivity index (χ3n) is 4.05. The van der Waals surface area contributed by atoms with Gasteiger partial charge in [0.25, 0.3) is 0 Å². The highest BCUT2D eigenvalue weighted by Gasteiger charge is 2.47. The largest absolute Gasteiger partial charge is 0.466 e. The summed E-state index contributed by atoms with van der Waals surface area (Å²) in [7, 11) is 1.33. The van der Waals surface area contributed by atoms with Crippen LogP contribution in [0.3, 0.4) is 0 Å². The molecular weight excluding hydrogens is 276 g/mol. The van der Waals surface area contributed by atoms with Crippen LogP contribution in [-0.2, 0) is 19.0 Å². The van der Waals surface area contributed by atoms with Gasteiger partial charge in [-0.2, -0.15) is 5.26 Å². The molecule has 2 aliphatic rings. The standard InChI is InChI=1S/C14H18N2O5/c1-8-3-4-9-10(12(17)19-2)7-20-13(11(8)9)21-14(18)16-6-5-15/h7-9,11,13H,3-4,6H2,1-2H3,(H,16,18). The van der Waals surface area contributed by atoms with Crippen molar-refractivity contribution in [3.8, 4) is 6.07 Å². The number of fused-ring (bicyclic) bond motifs is 1. The molecule has 1 N–H and O–H groups in total. The van der Waals surface area contributed by atoms with Crippen LogP contribution in [0.4, 0.5) is 4.79 Å². The van der Waals surface area contributed by atoms with Crippen LogP contribution >= 0.6 is 0 Å². The molecule has 2 rings (SSSR count). The van der Waals surface area contributed by atoms with E-state index < -0.39 is 18.4 Å². The molecule has 114 valence electrons. The number of amides is 1. The lowest BCUT2D eigenvalue weighted by Gasteiger charge is -2.34. The van der Waals surface area contributed by atoms with Gasteiger partial charge in [0.2, 0.25) is 6.29 Å². The summed E-state index contributed by atoms with van der Waals surface area (Å²) in [5, 5.41) is 10.7. The van der Waals surface area contributed by atoms with Crippen LogP contribution in [0, 0.1) is 29.1 Å². The van der Waals surface area contributed by atoms with E-state index in [1.807, 2.05) is 6.92 Å². The summed E-state index contributed by atoms with van der Waals surface area (Å²) >= 11 is 0. The highest BCUT2D eigenvalue weighted by molar-refractivity contribution is 5.89. The number of carbonyl (C=O) groups is 2. The Balaban J connectivity index is 2.10. The van der Waals surface area contributed by atoms with Crippen molar-refractivity contribution in [3.05, 3.63) is 11.8 Å². The minimum Gasteiger partial charge on any atom is -0.466 e. The highest BCUT2D eigenvalue weighted by Crippen LogP contribution is 2.46. The van der Waals surface area contributed by atoms with Gasteiger partial charge >= 0.3 is 12.1 Å². The molecule has 1 aliphatic carbocycles. The highest BCUT2D eigenvalue weighted by atomic mass is 16.7. The molecule has 7 heteroatoms. The monoisotopic (exact) mass is 294 g/mol. The van der Waals surface area contributed by atoms with Crippen LogP contribution in [-0.4, -0.2) is 32.0 Å². The molecule has 1 aliphatic heterocycles. The first-order valence-electron chi connectivity index (χ1n) is 6.83. The third-order valence-corrected chi connectivity index (χ3v) is 4.05. The van der Waals surface area contributed by atoms with Crippen molar-refractivity contribution in [2.24, 2.45) is 17.8 Å². The zero-order valence-electron chi connectivity index (χ0n) is 12.0. The van der Waals surface area contributed by atoms with E-state index in [1.54, 1.807) is 6.07 Å². The lowest BCUT2D eigenvalue weighted by Crippen LogP contribution is -2.41. The summed E-state index contributed by atoms with van der Waals surface area (Å²) in [5.74, 6) is -0.268. The van der Waals surface area contributed by atoms with Crippen LogP contribution in [0.2, 0.25) is 0 Å². The number of ether oxygens (including phenoxy) is 3. The van der Waals surface area contributed by atoms with Crippen LogP contribution in [0.5, 0.6) is 0 Å². The minimum atomic E-state index is -0.750. The molecule has 4 atom stereocenters. The summed E-state index contributed by atoms with van der Waals surface area (Å²) < 4.78 is 15.4. The van der Waals surface area contributed by atoms with Gasteiger partial charge in [0.15, 0.2) is 0 Å². The van der Waals surface area contributed by atoms with Crippen molar-refractivity contribution in [2.75, 3.05) is 13.7 Å². The van der Waals surface area contributed by atoms with Gasteiger partial charge in [-0.05, 0) is 18.8 Å². The Labute approximate surface area is 122 Å². The summed E-state index contributed by atoms with van der Waals surface area (Å²) in [4.78, 5) is 23.3. The number of nitrogens with zero attached hydrogens (tertiary/aromatic N) is 1. The fraction of sp³-hybridized carbons (Fsp3) is 0.643.